The lowest BCUT2D eigenvalue weighted by Gasteiger charge is -2.17. The summed E-state index contributed by atoms with van der Waals surface area (Å²) in [7, 11) is 0. The van der Waals surface area contributed by atoms with E-state index in [1.54, 1.807) is 31.2 Å². The summed E-state index contributed by atoms with van der Waals surface area (Å²) in [6, 6.07) is 17.8. The number of aromatic hydroxyl groups is 1. The molecule has 6 heteroatoms. The van der Waals surface area contributed by atoms with Crippen LogP contribution in [0.25, 0.3) is 10.9 Å². The summed E-state index contributed by atoms with van der Waals surface area (Å²) in [4.78, 5) is 25.7. The summed E-state index contributed by atoms with van der Waals surface area (Å²) in [6.07, 6.45) is 0.121. The van der Waals surface area contributed by atoms with Crippen LogP contribution in [-0.4, -0.2) is 15.6 Å². The summed E-state index contributed by atoms with van der Waals surface area (Å²) in [6.45, 7) is 1.95. The number of aryl methyl sites for hydroxylation is 1. The molecule has 0 aliphatic carbocycles. The van der Waals surface area contributed by atoms with Crippen molar-refractivity contribution in [2.45, 2.75) is 25.9 Å². The van der Waals surface area contributed by atoms with E-state index in [9.17, 15) is 14.7 Å². The lowest BCUT2D eigenvalue weighted by Crippen LogP contribution is -2.34. The number of aromatic nitrogens is 1. The topological polar surface area (TPSA) is 95.1 Å². The Morgan fingerprint density at radius 2 is 1.85 bits per heavy atom. The molecule has 3 aromatic rings. The number of carbonyl (C=O) groups is 1. The first kappa shape index (κ1) is 18.2. The van der Waals surface area contributed by atoms with E-state index < -0.39 is 11.5 Å². The number of carbonyl (C=O) groups excluding carboxylic acids is 1. The van der Waals surface area contributed by atoms with Gasteiger partial charge in [0.25, 0.3) is 11.5 Å². The van der Waals surface area contributed by atoms with Gasteiger partial charge in [-0.2, -0.15) is 5.26 Å². The number of hydrogen-bond donors (Lipinski definition) is 2. The zero-order valence-corrected chi connectivity index (χ0v) is 14.8. The van der Waals surface area contributed by atoms with Crippen molar-refractivity contribution < 1.29 is 9.90 Å². The average Bonchev–Trinajstić information content (AvgIpc) is 2.68. The number of benzene rings is 2. The maximum absolute atomic E-state index is 12.9. The second kappa shape index (κ2) is 7.75. The summed E-state index contributed by atoms with van der Waals surface area (Å²) in [5, 5.41) is 22.6. The van der Waals surface area contributed by atoms with Gasteiger partial charge in [0.1, 0.15) is 11.3 Å². The molecule has 1 amide bonds. The number of hydrogen-bond acceptors (Lipinski definition) is 4. The minimum absolute atomic E-state index is 0.121. The molecule has 0 radical (unpaired) electrons. The number of amides is 1. The molecule has 0 saturated carbocycles. The van der Waals surface area contributed by atoms with Gasteiger partial charge in [0.05, 0.1) is 24.0 Å². The molecule has 2 N–H and O–H groups in total. The lowest BCUT2D eigenvalue weighted by molar-refractivity contribution is 0.0935. The summed E-state index contributed by atoms with van der Waals surface area (Å²) in [5.74, 6) is -0.994. The first-order chi connectivity index (χ1) is 13.0. The Kier molecular flexibility index (Phi) is 5.23. The van der Waals surface area contributed by atoms with Crippen LogP contribution >= 0.6 is 0 Å². The van der Waals surface area contributed by atoms with Gasteiger partial charge in [-0.1, -0.05) is 42.5 Å². The molecule has 0 saturated heterocycles. The summed E-state index contributed by atoms with van der Waals surface area (Å²) < 4.78 is 1.36. The second-order valence-corrected chi connectivity index (χ2v) is 6.21. The number of nitrogens with one attached hydrogen (secondary N) is 1. The third-order valence-corrected chi connectivity index (χ3v) is 4.47. The largest absolute Gasteiger partial charge is 0.506 e. The molecule has 6 nitrogen and oxygen atoms in total. The Labute approximate surface area is 156 Å². The maximum Gasteiger partial charge on any atom is 0.267 e. The molecule has 0 bridgehead atoms. The van der Waals surface area contributed by atoms with Gasteiger partial charge in [-0.05, 0) is 24.6 Å². The van der Waals surface area contributed by atoms with E-state index in [0.29, 0.717) is 10.9 Å². The van der Waals surface area contributed by atoms with Crippen molar-refractivity contribution in [3.05, 3.63) is 76.1 Å². The zero-order chi connectivity index (χ0) is 19.4. The highest BCUT2D eigenvalue weighted by Crippen LogP contribution is 2.26. The van der Waals surface area contributed by atoms with Crippen LogP contribution in [0.4, 0.5) is 0 Å². The van der Waals surface area contributed by atoms with E-state index in [-0.39, 0.29) is 30.3 Å². The fourth-order valence-electron chi connectivity index (χ4n) is 3.07. The Bertz CT molecular complexity index is 1080. The van der Waals surface area contributed by atoms with Crippen LogP contribution in [0.1, 0.15) is 35.3 Å². The molecular formula is C21H19N3O3. The zero-order valence-electron chi connectivity index (χ0n) is 14.8. The van der Waals surface area contributed by atoms with Gasteiger partial charge >= 0.3 is 0 Å². The average molecular weight is 361 g/mol. The Balaban J connectivity index is 2.07. The molecule has 2 aromatic carbocycles. The van der Waals surface area contributed by atoms with Gasteiger partial charge in [-0.3, -0.25) is 9.59 Å². The van der Waals surface area contributed by atoms with Crippen molar-refractivity contribution in [1.29, 1.82) is 5.26 Å². The lowest BCUT2D eigenvalue weighted by atomic mass is 10.1. The van der Waals surface area contributed by atoms with E-state index in [1.807, 2.05) is 36.4 Å². The third-order valence-electron chi connectivity index (χ3n) is 4.47. The fraction of sp³-hybridized carbons (Fsp3) is 0.190. The van der Waals surface area contributed by atoms with Crippen LogP contribution in [-0.2, 0) is 6.54 Å². The number of fused-ring (bicyclic) bond motifs is 1. The Hall–Kier alpha value is -3.59. The fourth-order valence-corrected chi connectivity index (χ4v) is 3.07. The number of nitriles is 1. The van der Waals surface area contributed by atoms with Crippen molar-refractivity contribution in [3.8, 4) is 11.8 Å². The van der Waals surface area contributed by atoms with Crippen LogP contribution < -0.4 is 10.9 Å². The van der Waals surface area contributed by atoms with Crippen LogP contribution in [0.15, 0.2) is 59.4 Å². The highest BCUT2D eigenvalue weighted by Gasteiger charge is 2.23. The molecule has 0 spiro atoms. The van der Waals surface area contributed by atoms with Crippen molar-refractivity contribution in [1.82, 2.24) is 9.88 Å². The van der Waals surface area contributed by atoms with Crippen LogP contribution in [0, 0.1) is 11.3 Å². The monoisotopic (exact) mass is 361 g/mol. The molecule has 1 atom stereocenters. The van der Waals surface area contributed by atoms with E-state index in [4.69, 9.17) is 5.26 Å². The molecule has 136 valence electrons. The van der Waals surface area contributed by atoms with Gasteiger partial charge in [-0.25, -0.2) is 0 Å². The SMILES string of the molecule is C[C@@H](NC(=O)c1c(O)c2ccccc2n(CCC#N)c1=O)c1ccccc1. The van der Waals surface area contributed by atoms with E-state index in [0.717, 1.165) is 5.56 Å². The van der Waals surface area contributed by atoms with E-state index in [2.05, 4.69) is 5.32 Å². The highest BCUT2D eigenvalue weighted by atomic mass is 16.3. The van der Waals surface area contributed by atoms with Crippen LogP contribution in [0.5, 0.6) is 5.75 Å². The molecule has 1 heterocycles. The Morgan fingerprint density at radius 1 is 1.19 bits per heavy atom. The van der Waals surface area contributed by atoms with Crippen molar-refractivity contribution in [2.75, 3.05) is 0 Å². The predicted octanol–water partition coefficient (Wildman–Crippen LogP) is 3.11. The quantitative estimate of drug-likeness (QED) is 0.730. The molecule has 0 fully saturated rings. The van der Waals surface area contributed by atoms with Crippen molar-refractivity contribution >= 4 is 16.8 Å². The Morgan fingerprint density at radius 3 is 2.56 bits per heavy atom. The van der Waals surface area contributed by atoms with Gasteiger partial charge in [0.15, 0.2) is 0 Å². The molecule has 0 aliphatic rings. The van der Waals surface area contributed by atoms with Gasteiger partial charge in [-0.15, -0.1) is 0 Å². The summed E-state index contributed by atoms with van der Waals surface area (Å²) in [5.41, 5.74) is 0.451. The van der Waals surface area contributed by atoms with Gasteiger partial charge in [0.2, 0.25) is 0 Å². The van der Waals surface area contributed by atoms with E-state index in [1.165, 1.54) is 4.57 Å². The van der Waals surface area contributed by atoms with E-state index >= 15 is 0 Å². The molecule has 0 unspecified atom stereocenters. The van der Waals surface area contributed by atoms with Crippen molar-refractivity contribution in [2.24, 2.45) is 0 Å². The number of rotatable bonds is 5. The third kappa shape index (κ3) is 3.53. The summed E-state index contributed by atoms with van der Waals surface area (Å²) >= 11 is 0. The predicted molar refractivity (Wildman–Crippen MR) is 102 cm³/mol. The highest BCUT2D eigenvalue weighted by molar-refractivity contribution is 6.02. The number of nitrogens with zero attached hydrogens (tertiary/aromatic N) is 2. The van der Waals surface area contributed by atoms with Crippen LogP contribution in [0.2, 0.25) is 0 Å². The molecule has 27 heavy (non-hydrogen) atoms. The first-order valence-electron chi connectivity index (χ1n) is 8.62. The normalized spacial score (nSPS) is 11.7. The molecule has 0 aliphatic heterocycles. The number of para-hydroxylation sites is 1. The molecular weight excluding hydrogens is 342 g/mol. The standard InChI is InChI=1S/C21H19N3O3/c1-14(15-8-3-2-4-9-15)23-20(26)18-19(25)16-10-5-6-11-17(16)24(21(18)27)13-7-12-22/h2-6,8-11,14,25H,7,13H2,1H3,(H,23,26)/t14-/m1/s1. The first-order valence-corrected chi connectivity index (χ1v) is 8.62. The smallest absolute Gasteiger partial charge is 0.267 e. The maximum atomic E-state index is 12.9. The van der Waals surface area contributed by atoms with Gasteiger partial charge < -0.3 is 15.0 Å². The second-order valence-electron chi connectivity index (χ2n) is 6.21. The number of pyridine rings is 1. The molecule has 1 aromatic heterocycles. The molecule has 3 rings (SSSR count). The van der Waals surface area contributed by atoms with Crippen molar-refractivity contribution in [3.63, 3.8) is 0 Å². The minimum atomic E-state index is -0.648. The minimum Gasteiger partial charge on any atom is -0.506 e. The van der Waals surface area contributed by atoms with Crippen LogP contribution in [0.3, 0.4) is 0 Å². The van der Waals surface area contributed by atoms with Gasteiger partial charge in [0, 0.05) is 11.9 Å².